The number of ether oxygens (including phenoxy) is 1. The topological polar surface area (TPSA) is 96.0 Å². The Morgan fingerprint density at radius 2 is 1.73 bits per heavy atom. The number of nitrogens with one attached hydrogen (secondary N) is 1. The molecular formula is C28H39N3O5S. The van der Waals surface area contributed by atoms with Crippen LogP contribution in [-0.4, -0.2) is 56.8 Å². The predicted octanol–water partition coefficient (Wildman–Crippen LogP) is 3.55. The fourth-order valence-electron chi connectivity index (χ4n) is 8.18. The van der Waals surface area contributed by atoms with Gasteiger partial charge in [-0.15, -0.1) is 0 Å². The fraction of sp³-hybridized carbons (Fsp3) is 0.714. The Morgan fingerprint density at radius 1 is 1.11 bits per heavy atom. The van der Waals surface area contributed by atoms with Crippen molar-refractivity contribution in [1.82, 2.24) is 9.62 Å². The molecule has 1 aromatic rings. The van der Waals surface area contributed by atoms with E-state index in [1.165, 1.54) is 59.9 Å². The minimum Gasteiger partial charge on any atom is -0.482 e. The third-order valence-electron chi connectivity index (χ3n) is 9.94. The van der Waals surface area contributed by atoms with E-state index in [0.717, 1.165) is 30.6 Å². The highest BCUT2D eigenvalue weighted by molar-refractivity contribution is 7.89. The molecule has 2 aliphatic heterocycles. The van der Waals surface area contributed by atoms with Gasteiger partial charge in [0.25, 0.3) is 5.91 Å². The molecule has 4 aliphatic carbocycles. The number of carbonyl (C=O) groups is 2. The molecule has 7 rings (SSSR count). The highest BCUT2D eigenvalue weighted by Gasteiger charge is 2.53. The summed E-state index contributed by atoms with van der Waals surface area (Å²) in [5, 5.41) is 3.24. The summed E-state index contributed by atoms with van der Waals surface area (Å²) in [6.45, 7) is 4.94. The lowest BCUT2D eigenvalue weighted by Gasteiger charge is -2.59. The predicted molar refractivity (Wildman–Crippen MR) is 140 cm³/mol. The van der Waals surface area contributed by atoms with Crippen LogP contribution in [0.3, 0.4) is 0 Å². The molecule has 8 nitrogen and oxygen atoms in total. The molecule has 1 atom stereocenters. The SMILES string of the molecule is CC1CCN(S(=O)(=O)c2ccc3c(c2)N(CC(=O)NC(C)C24CC5CC(CC(C5)C2)C4)C(=O)CO3)CC1. The normalized spacial score (nSPS) is 32.6. The molecule has 0 spiro atoms. The van der Waals surface area contributed by atoms with Gasteiger partial charge in [0.1, 0.15) is 12.3 Å². The van der Waals surface area contributed by atoms with Crippen molar-refractivity contribution in [2.24, 2.45) is 29.1 Å². The third-order valence-corrected chi connectivity index (χ3v) is 11.8. The summed E-state index contributed by atoms with van der Waals surface area (Å²) in [5.74, 6) is 2.77. The van der Waals surface area contributed by atoms with Crippen LogP contribution in [0.4, 0.5) is 5.69 Å². The molecule has 1 unspecified atom stereocenters. The van der Waals surface area contributed by atoms with Crippen LogP contribution in [-0.2, 0) is 19.6 Å². The zero-order valence-electron chi connectivity index (χ0n) is 21.9. The van der Waals surface area contributed by atoms with Crippen molar-refractivity contribution in [2.75, 3.05) is 31.1 Å². The van der Waals surface area contributed by atoms with E-state index in [1.807, 2.05) is 0 Å². The zero-order valence-corrected chi connectivity index (χ0v) is 22.8. The van der Waals surface area contributed by atoms with Crippen molar-refractivity contribution < 1.29 is 22.7 Å². The molecule has 2 heterocycles. The third kappa shape index (κ3) is 4.56. The maximum Gasteiger partial charge on any atom is 0.265 e. The van der Waals surface area contributed by atoms with E-state index < -0.39 is 10.0 Å². The Bertz CT molecular complexity index is 1150. The molecule has 1 aromatic carbocycles. The summed E-state index contributed by atoms with van der Waals surface area (Å²) in [4.78, 5) is 27.6. The van der Waals surface area contributed by atoms with Gasteiger partial charge in [-0.1, -0.05) is 6.92 Å². The molecule has 4 bridgehead atoms. The standard InChI is InChI=1S/C28H39N3O5S/c1-18-5-7-30(8-6-18)37(34,35)23-3-4-25-24(12-23)31(27(33)17-36-25)16-26(32)29-19(2)28-13-20-9-21(14-28)11-22(10-20)15-28/h3-4,12,18-22H,5-11,13-17H2,1-2H3,(H,29,32). The van der Waals surface area contributed by atoms with Gasteiger partial charge in [0.15, 0.2) is 6.61 Å². The van der Waals surface area contributed by atoms with Crippen molar-refractivity contribution in [3.05, 3.63) is 18.2 Å². The summed E-state index contributed by atoms with van der Waals surface area (Å²) in [7, 11) is -3.69. The molecule has 1 saturated heterocycles. The number of hydrogen-bond donors (Lipinski definition) is 1. The largest absolute Gasteiger partial charge is 0.482 e. The highest BCUT2D eigenvalue weighted by atomic mass is 32.2. The Hall–Kier alpha value is -2.13. The number of rotatable bonds is 6. The number of sulfonamides is 1. The maximum absolute atomic E-state index is 13.3. The second-order valence-electron chi connectivity index (χ2n) is 12.6. The lowest BCUT2D eigenvalue weighted by molar-refractivity contribution is -0.127. The summed E-state index contributed by atoms with van der Waals surface area (Å²) in [6, 6.07) is 4.69. The molecule has 202 valence electrons. The summed E-state index contributed by atoms with van der Waals surface area (Å²) >= 11 is 0. The van der Waals surface area contributed by atoms with E-state index in [0.29, 0.717) is 30.4 Å². The number of piperidine rings is 1. The Morgan fingerprint density at radius 3 is 2.35 bits per heavy atom. The number of carbonyl (C=O) groups excluding carboxylic acids is 2. The summed E-state index contributed by atoms with van der Waals surface area (Å²) < 4.78 is 33.8. The minimum absolute atomic E-state index is 0.0530. The van der Waals surface area contributed by atoms with Gasteiger partial charge in [0.05, 0.1) is 10.6 Å². The molecular weight excluding hydrogens is 490 g/mol. The van der Waals surface area contributed by atoms with Crippen LogP contribution in [0.5, 0.6) is 5.75 Å². The number of benzene rings is 1. The average molecular weight is 530 g/mol. The van der Waals surface area contributed by atoms with Crippen LogP contribution in [0.1, 0.15) is 65.2 Å². The van der Waals surface area contributed by atoms with Crippen molar-refractivity contribution >= 4 is 27.5 Å². The molecule has 2 amide bonds. The van der Waals surface area contributed by atoms with Gasteiger partial charge in [-0.3, -0.25) is 14.5 Å². The van der Waals surface area contributed by atoms with Crippen LogP contribution in [0.15, 0.2) is 23.1 Å². The summed E-state index contributed by atoms with van der Waals surface area (Å²) in [5.41, 5.74) is 0.519. The molecule has 4 saturated carbocycles. The van der Waals surface area contributed by atoms with Gasteiger partial charge in [0, 0.05) is 19.1 Å². The van der Waals surface area contributed by atoms with Crippen molar-refractivity contribution in [3.8, 4) is 5.75 Å². The van der Waals surface area contributed by atoms with Crippen LogP contribution >= 0.6 is 0 Å². The van der Waals surface area contributed by atoms with Gasteiger partial charge in [-0.2, -0.15) is 4.31 Å². The van der Waals surface area contributed by atoms with Gasteiger partial charge in [-0.05, 0) is 106 Å². The van der Waals surface area contributed by atoms with E-state index >= 15 is 0 Å². The smallest absolute Gasteiger partial charge is 0.265 e. The van der Waals surface area contributed by atoms with E-state index in [1.54, 1.807) is 6.07 Å². The quantitative estimate of drug-likeness (QED) is 0.608. The molecule has 9 heteroatoms. The molecule has 37 heavy (non-hydrogen) atoms. The number of amides is 2. The Labute approximate surface area is 220 Å². The van der Waals surface area contributed by atoms with Crippen LogP contribution < -0.4 is 15.0 Å². The van der Waals surface area contributed by atoms with Gasteiger partial charge < -0.3 is 10.1 Å². The molecule has 1 N–H and O–H groups in total. The van der Waals surface area contributed by atoms with E-state index in [4.69, 9.17) is 4.74 Å². The Kier molecular flexibility index (Phi) is 6.30. The molecule has 6 aliphatic rings. The summed E-state index contributed by atoms with van der Waals surface area (Å²) in [6.07, 6.45) is 9.28. The first-order valence-electron chi connectivity index (χ1n) is 14.0. The molecule has 5 fully saturated rings. The van der Waals surface area contributed by atoms with Crippen LogP contribution in [0.2, 0.25) is 0 Å². The number of hydrogen-bond acceptors (Lipinski definition) is 5. The average Bonchev–Trinajstić information content (AvgIpc) is 2.85. The van der Waals surface area contributed by atoms with Crippen LogP contribution in [0.25, 0.3) is 0 Å². The van der Waals surface area contributed by atoms with E-state index in [2.05, 4.69) is 19.2 Å². The minimum atomic E-state index is -3.69. The highest BCUT2D eigenvalue weighted by Crippen LogP contribution is 2.61. The van der Waals surface area contributed by atoms with Crippen molar-refractivity contribution in [1.29, 1.82) is 0 Å². The van der Waals surface area contributed by atoms with Crippen LogP contribution in [0, 0.1) is 29.1 Å². The van der Waals surface area contributed by atoms with Crippen molar-refractivity contribution in [3.63, 3.8) is 0 Å². The lowest BCUT2D eigenvalue weighted by atomic mass is 9.48. The Balaban J connectivity index is 1.18. The molecule has 0 radical (unpaired) electrons. The van der Waals surface area contributed by atoms with E-state index in [-0.39, 0.29) is 41.3 Å². The number of fused-ring (bicyclic) bond motifs is 1. The number of anilines is 1. The monoisotopic (exact) mass is 529 g/mol. The fourth-order valence-corrected chi connectivity index (χ4v) is 9.67. The van der Waals surface area contributed by atoms with Gasteiger partial charge >= 0.3 is 0 Å². The first kappa shape index (κ1) is 25.2. The maximum atomic E-state index is 13.3. The second-order valence-corrected chi connectivity index (χ2v) is 14.5. The van der Waals surface area contributed by atoms with Crippen molar-refractivity contribution in [2.45, 2.75) is 76.2 Å². The zero-order chi connectivity index (χ0) is 25.9. The van der Waals surface area contributed by atoms with E-state index in [9.17, 15) is 18.0 Å². The first-order valence-corrected chi connectivity index (χ1v) is 15.4. The van der Waals surface area contributed by atoms with Gasteiger partial charge in [-0.25, -0.2) is 8.42 Å². The molecule has 0 aromatic heterocycles. The first-order chi connectivity index (χ1) is 17.6. The van der Waals surface area contributed by atoms with Gasteiger partial charge in [0.2, 0.25) is 15.9 Å². The lowest BCUT2D eigenvalue weighted by Crippen LogP contribution is -2.57. The second kappa shape index (κ2) is 9.26. The number of nitrogens with zero attached hydrogens (tertiary/aromatic N) is 2.